The van der Waals surface area contributed by atoms with E-state index in [-0.39, 0.29) is 16.9 Å². The second-order valence-electron chi connectivity index (χ2n) is 11.2. The number of carbonyl (C=O) groups excluding carboxylic acids is 1. The van der Waals surface area contributed by atoms with Crippen molar-refractivity contribution in [1.29, 1.82) is 0 Å². The van der Waals surface area contributed by atoms with E-state index in [4.69, 9.17) is 21.0 Å². The third-order valence-corrected chi connectivity index (χ3v) is 8.90. The molecule has 2 N–H and O–H groups in total. The molecule has 1 atom stereocenters. The summed E-state index contributed by atoms with van der Waals surface area (Å²) in [6.45, 7) is 8.72. The van der Waals surface area contributed by atoms with Crippen LogP contribution in [0.25, 0.3) is 11.3 Å². The number of amides is 1. The molecule has 0 spiro atoms. The Morgan fingerprint density at radius 1 is 1.12 bits per heavy atom. The molecule has 1 amide bonds. The van der Waals surface area contributed by atoms with E-state index < -0.39 is 5.97 Å². The van der Waals surface area contributed by atoms with Crippen LogP contribution in [-0.4, -0.2) is 23.2 Å². The van der Waals surface area contributed by atoms with Crippen LogP contribution in [0, 0.1) is 18.3 Å². The Labute approximate surface area is 242 Å². The Bertz CT molecular complexity index is 1610. The molecule has 0 saturated heterocycles. The topological polar surface area (TPSA) is 91.9 Å². The molecule has 206 valence electrons. The Kier molecular flexibility index (Phi) is 7.71. The van der Waals surface area contributed by atoms with Crippen molar-refractivity contribution in [2.24, 2.45) is 16.3 Å². The van der Waals surface area contributed by atoms with Crippen LogP contribution in [0.1, 0.15) is 69.7 Å². The fraction of sp³-hybridized carbons (Fsp3) is 0.281. The Balaban J connectivity index is 1.47. The van der Waals surface area contributed by atoms with Gasteiger partial charge < -0.3 is 14.8 Å². The molecule has 0 fully saturated rings. The number of aliphatic imine (C=N–C) groups is 1. The van der Waals surface area contributed by atoms with Gasteiger partial charge in [-0.25, -0.2) is 9.79 Å². The molecule has 8 heteroatoms. The van der Waals surface area contributed by atoms with E-state index in [1.165, 1.54) is 4.88 Å². The maximum atomic E-state index is 13.6. The van der Waals surface area contributed by atoms with Crippen molar-refractivity contribution in [3.8, 4) is 11.3 Å². The quantitative estimate of drug-likeness (QED) is 0.225. The number of carboxylic acids is 1. The Morgan fingerprint density at radius 3 is 2.58 bits per heavy atom. The first kappa shape index (κ1) is 27.9. The van der Waals surface area contributed by atoms with Gasteiger partial charge in [0.1, 0.15) is 16.5 Å². The van der Waals surface area contributed by atoms with Crippen molar-refractivity contribution in [1.82, 2.24) is 0 Å². The molecule has 6 nitrogen and oxygen atoms in total. The number of aryl methyl sites for hydroxylation is 1. The highest BCUT2D eigenvalue weighted by atomic mass is 35.5. The fourth-order valence-corrected chi connectivity index (χ4v) is 6.47. The van der Waals surface area contributed by atoms with Crippen LogP contribution in [0.5, 0.6) is 0 Å². The van der Waals surface area contributed by atoms with Gasteiger partial charge in [-0.2, -0.15) is 0 Å². The summed E-state index contributed by atoms with van der Waals surface area (Å²) in [6.07, 6.45) is 4.40. The van der Waals surface area contributed by atoms with Crippen molar-refractivity contribution < 1.29 is 19.1 Å². The zero-order valence-corrected chi connectivity index (χ0v) is 24.4. The normalized spacial score (nSPS) is 15.3. The minimum Gasteiger partial charge on any atom is -0.478 e. The second-order valence-corrected chi connectivity index (χ2v) is 12.8. The van der Waals surface area contributed by atoms with Gasteiger partial charge in [0, 0.05) is 21.2 Å². The largest absolute Gasteiger partial charge is 0.478 e. The summed E-state index contributed by atoms with van der Waals surface area (Å²) in [7, 11) is 0. The molecule has 1 aliphatic carbocycles. The summed E-state index contributed by atoms with van der Waals surface area (Å²) in [5.74, 6) is 0.413. The van der Waals surface area contributed by atoms with E-state index >= 15 is 0 Å². The van der Waals surface area contributed by atoms with Crippen molar-refractivity contribution in [2.45, 2.75) is 47.0 Å². The van der Waals surface area contributed by atoms with Crippen LogP contribution in [-0.2, 0) is 12.8 Å². The number of benzene rings is 2. The number of rotatable bonds is 6. The van der Waals surface area contributed by atoms with E-state index in [1.807, 2.05) is 6.92 Å². The van der Waals surface area contributed by atoms with Crippen LogP contribution in [0.15, 0.2) is 64.0 Å². The summed E-state index contributed by atoms with van der Waals surface area (Å²) >= 11 is 7.59. The maximum Gasteiger partial charge on any atom is 0.335 e. The average Bonchev–Trinajstić information content (AvgIpc) is 3.52. The Morgan fingerprint density at radius 2 is 1.88 bits per heavy atom. The standard InChI is InChI=1S/C32H31ClN2O4S/c1-18-5-6-19(31(37)38)15-25(18)26-14-12-23(39-26)17-34-30-28(29(36)35-22-10-8-21(33)9-11-22)24-13-7-20(32(2,3)4)16-27(24)40-30/h5-6,8-12,14-15,17,20H,7,13,16H2,1-4H3,(H,35,36)(H,37,38)/t20-/m1/s1. The highest BCUT2D eigenvalue weighted by Crippen LogP contribution is 2.45. The van der Waals surface area contributed by atoms with Gasteiger partial charge >= 0.3 is 5.97 Å². The first-order valence-corrected chi connectivity index (χ1v) is 14.4. The smallest absolute Gasteiger partial charge is 0.335 e. The predicted molar refractivity (Wildman–Crippen MR) is 162 cm³/mol. The monoisotopic (exact) mass is 574 g/mol. The molecule has 4 aromatic rings. The number of nitrogens with one attached hydrogen (secondary N) is 1. The molecule has 0 bridgehead atoms. The number of furan rings is 1. The lowest BCUT2D eigenvalue weighted by atomic mass is 9.72. The number of hydrogen-bond acceptors (Lipinski definition) is 5. The van der Waals surface area contributed by atoms with Gasteiger partial charge in [0.15, 0.2) is 0 Å². The minimum absolute atomic E-state index is 0.178. The average molecular weight is 575 g/mol. The van der Waals surface area contributed by atoms with Crippen molar-refractivity contribution in [3.63, 3.8) is 0 Å². The number of thiophene rings is 1. The van der Waals surface area contributed by atoms with Gasteiger partial charge in [-0.15, -0.1) is 11.3 Å². The van der Waals surface area contributed by atoms with Gasteiger partial charge in [0.25, 0.3) is 5.91 Å². The summed E-state index contributed by atoms with van der Waals surface area (Å²) in [5.41, 5.74) is 4.34. The van der Waals surface area contributed by atoms with E-state index in [2.05, 4.69) is 26.1 Å². The lowest BCUT2D eigenvalue weighted by Crippen LogP contribution is -2.27. The van der Waals surface area contributed by atoms with E-state index in [9.17, 15) is 14.7 Å². The number of halogens is 1. The van der Waals surface area contributed by atoms with Gasteiger partial charge in [-0.3, -0.25) is 4.79 Å². The number of carbonyl (C=O) groups is 2. The van der Waals surface area contributed by atoms with Crippen LogP contribution < -0.4 is 5.32 Å². The highest BCUT2D eigenvalue weighted by molar-refractivity contribution is 7.16. The first-order valence-electron chi connectivity index (χ1n) is 13.2. The van der Waals surface area contributed by atoms with Crippen molar-refractivity contribution in [3.05, 3.63) is 92.5 Å². The zero-order chi connectivity index (χ0) is 28.6. The predicted octanol–water partition coefficient (Wildman–Crippen LogP) is 8.82. The number of hydrogen-bond donors (Lipinski definition) is 2. The molecule has 40 heavy (non-hydrogen) atoms. The maximum absolute atomic E-state index is 13.6. The van der Waals surface area contributed by atoms with E-state index in [0.717, 1.165) is 30.4 Å². The summed E-state index contributed by atoms with van der Waals surface area (Å²) in [5, 5.41) is 13.6. The summed E-state index contributed by atoms with van der Waals surface area (Å²) in [4.78, 5) is 31.0. The SMILES string of the molecule is Cc1ccc(C(=O)O)cc1-c1ccc(C=Nc2sc3c(c2C(=O)Nc2ccc(Cl)cc2)CC[C@@H](C(C)(C)C)C3)o1. The number of fused-ring (bicyclic) bond motifs is 1. The molecular weight excluding hydrogens is 544 g/mol. The highest BCUT2D eigenvalue weighted by Gasteiger charge is 2.33. The molecular formula is C32H31ClN2O4S. The molecule has 0 radical (unpaired) electrons. The van der Waals surface area contributed by atoms with Crippen molar-refractivity contribution >= 4 is 51.7 Å². The van der Waals surface area contributed by atoms with Crippen LogP contribution in [0.2, 0.25) is 5.02 Å². The van der Waals surface area contributed by atoms with E-state index in [1.54, 1.807) is 72.1 Å². The number of anilines is 1. The number of nitrogens with zero attached hydrogens (tertiary/aromatic N) is 1. The minimum atomic E-state index is -0.991. The molecule has 2 heterocycles. The van der Waals surface area contributed by atoms with Gasteiger partial charge in [-0.1, -0.05) is 38.4 Å². The first-order chi connectivity index (χ1) is 19.0. The van der Waals surface area contributed by atoms with Gasteiger partial charge in [0.05, 0.1) is 17.3 Å². The number of carboxylic acid groups (broad SMARTS) is 1. The Hall–Kier alpha value is -3.68. The van der Waals surface area contributed by atoms with Gasteiger partial charge in [0.2, 0.25) is 0 Å². The van der Waals surface area contributed by atoms with E-state index in [0.29, 0.717) is 44.3 Å². The summed E-state index contributed by atoms with van der Waals surface area (Å²) in [6, 6.07) is 15.6. The molecule has 1 aliphatic rings. The molecule has 0 aliphatic heterocycles. The molecule has 0 saturated carbocycles. The second kappa shape index (κ2) is 11.1. The molecule has 2 aromatic carbocycles. The fourth-order valence-electron chi connectivity index (χ4n) is 5.07. The van der Waals surface area contributed by atoms with Crippen LogP contribution in [0.3, 0.4) is 0 Å². The van der Waals surface area contributed by atoms with Crippen LogP contribution >= 0.6 is 22.9 Å². The lowest BCUT2D eigenvalue weighted by molar-refractivity contribution is 0.0696. The lowest BCUT2D eigenvalue weighted by Gasteiger charge is -2.33. The third-order valence-electron chi connectivity index (χ3n) is 7.49. The third kappa shape index (κ3) is 5.91. The van der Waals surface area contributed by atoms with Gasteiger partial charge in [-0.05, 0) is 97.2 Å². The van der Waals surface area contributed by atoms with Crippen LogP contribution in [0.4, 0.5) is 10.7 Å². The molecule has 0 unspecified atom stereocenters. The number of aromatic carboxylic acids is 1. The van der Waals surface area contributed by atoms with Crippen molar-refractivity contribution in [2.75, 3.05) is 5.32 Å². The zero-order valence-electron chi connectivity index (χ0n) is 22.9. The summed E-state index contributed by atoms with van der Waals surface area (Å²) < 4.78 is 6.03. The molecule has 2 aromatic heterocycles. The molecule has 5 rings (SSSR count).